The maximum Gasteiger partial charge on any atom is 0.276 e. The highest BCUT2D eigenvalue weighted by molar-refractivity contribution is 6.11. The number of carbonyl (C=O) groups is 1. The van der Waals surface area contributed by atoms with Gasteiger partial charge in [-0.1, -0.05) is 48.5 Å². The van der Waals surface area contributed by atoms with E-state index in [1.54, 1.807) is 36.4 Å². The van der Waals surface area contributed by atoms with Gasteiger partial charge in [-0.3, -0.25) is 9.59 Å². The molecule has 2 aromatic heterocycles. The maximum atomic E-state index is 13.3. The zero-order valence-corrected chi connectivity index (χ0v) is 17.7. The molecule has 1 fully saturated rings. The standard InChI is InChI=1S/C26H20N4O3/c31-24(27-18-12-13-22-21(14-18)28-25(33-22)17-10-11-17)23-19-8-4-5-9-20(19)26(32)30(29-23)15-16-6-2-1-3-7-16/h1-9,12-14,17H,10-11,15H2,(H,27,31). The van der Waals surface area contributed by atoms with Crippen LogP contribution in [0.2, 0.25) is 0 Å². The van der Waals surface area contributed by atoms with Crippen LogP contribution in [0.4, 0.5) is 5.69 Å². The van der Waals surface area contributed by atoms with Gasteiger partial charge in [0.05, 0.1) is 11.9 Å². The molecule has 2 heterocycles. The Bertz CT molecular complexity index is 1570. The second-order valence-electron chi connectivity index (χ2n) is 8.31. The number of oxazole rings is 1. The van der Waals surface area contributed by atoms with Crippen LogP contribution in [0.1, 0.15) is 40.7 Å². The van der Waals surface area contributed by atoms with Gasteiger partial charge in [0, 0.05) is 17.0 Å². The Morgan fingerprint density at radius 3 is 2.55 bits per heavy atom. The number of amides is 1. The minimum Gasteiger partial charge on any atom is -0.440 e. The van der Waals surface area contributed by atoms with Gasteiger partial charge in [-0.15, -0.1) is 0 Å². The molecule has 1 aliphatic rings. The van der Waals surface area contributed by atoms with Gasteiger partial charge in [0.25, 0.3) is 11.5 Å². The summed E-state index contributed by atoms with van der Waals surface area (Å²) in [5.74, 6) is 0.782. The average Bonchev–Trinajstić information content (AvgIpc) is 3.61. The quantitative estimate of drug-likeness (QED) is 0.431. The van der Waals surface area contributed by atoms with Crippen LogP contribution < -0.4 is 10.9 Å². The van der Waals surface area contributed by atoms with Gasteiger partial charge in [0.2, 0.25) is 0 Å². The van der Waals surface area contributed by atoms with Gasteiger partial charge in [0.1, 0.15) is 5.52 Å². The number of hydrogen-bond acceptors (Lipinski definition) is 5. The Balaban J connectivity index is 1.37. The first-order valence-corrected chi connectivity index (χ1v) is 10.9. The van der Waals surface area contributed by atoms with Gasteiger partial charge in [-0.25, -0.2) is 9.67 Å². The second kappa shape index (κ2) is 7.70. The molecule has 162 valence electrons. The van der Waals surface area contributed by atoms with Gasteiger partial charge in [-0.05, 0) is 42.7 Å². The van der Waals surface area contributed by atoms with Crippen molar-refractivity contribution in [1.82, 2.24) is 14.8 Å². The summed E-state index contributed by atoms with van der Waals surface area (Å²) < 4.78 is 7.15. The molecule has 5 aromatic rings. The lowest BCUT2D eigenvalue weighted by Gasteiger charge is -2.11. The van der Waals surface area contributed by atoms with E-state index in [9.17, 15) is 9.59 Å². The predicted octanol–water partition coefficient (Wildman–Crippen LogP) is 4.72. The number of nitrogens with one attached hydrogen (secondary N) is 1. The molecule has 6 rings (SSSR count). The first-order chi connectivity index (χ1) is 16.2. The van der Waals surface area contributed by atoms with Crippen molar-refractivity contribution in [2.24, 2.45) is 0 Å². The molecule has 7 heteroatoms. The minimum atomic E-state index is -0.390. The summed E-state index contributed by atoms with van der Waals surface area (Å²) in [4.78, 5) is 30.9. The fourth-order valence-corrected chi connectivity index (χ4v) is 3.98. The molecule has 1 amide bonds. The van der Waals surface area contributed by atoms with E-state index in [0.717, 1.165) is 24.3 Å². The minimum absolute atomic E-state index is 0.194. The lowest BCUT2D eigenvalue weighted by atomic mass is 10.1. The molecule has 0 unspecified atom stereocenters. The molecule has 0 aliphatic heterocycles. The van der Waals surface area contributed by atoms with Crippen LogP contribution in [-0.2, 0) is 6.54 Å². The van der Waals surface area contributed by atoms with E-state index >= 15 is 0 Å². The van der Waals surface area contributed by atoms with E-state index in [-0.39, 0.29) is 17.8 Å². The van der Waals surface area contributed by atoms with Crippen LogP contribution in [0.5, 0.6) is 0 Å². The molecule has 1 aliphatic carbocycles. The van der Waals surface area contributed by atoms with Crippen molar-refractivity contribution in [3.63, 3.8) is 0 Å². The zero-order chi connectivity index (χ0) is 22.4. The fraction of sp³-hybridized carbons (Fsp3) is 0.154. The van der Waals surface area contributed by atoms with Gasteiger partial charge in [0.15, 0.2) is 17.2 Å². The van der Waals surface area contributed by atoms with E-state index < -0.39 is 5.91 Å². The van der Waals surface area contributed by atoms with E-state index in [4.69, 9.17) is 4.42 Å². The van der Waals surface area contributed by atoms with Crippen molar-refractivity contribution >= 4 is 33.5 Å². The molecule has 0 spiro atoms. The normalized spacial score (nSPS) is 13.5. The largest absolute Gasteiger partial charge is 0.440 e. The van der Waals surface area contributed by atoms with E-state index in [1.807, 2.05) is 36.4 Å². The highest BCUT2D eigenvalue weighted by Crippen LogP contribution is 2.40. The summed E-state index contributed by atoms with van der Waals surface area (Å²) in [6, 6.07) is 22.0. The smallest absolute Gasteiger partial charge is 0.276 e. The highest BCUT2D eigenvalue weighted by atomic mass is 16.3. The first-order valence-electron chi connectivity index (χ1n) is 10.9. The summed E-state index contributed by atoms with van der Waals surface area (Å²) in [7, 11) is 0. The van der Waals surface area contributed by atoms with Crippen LogP contribution in [0.25, 0.3) is 21.9 Å². The highest BCUT2D eigenvalue weighted by Gasteiger charge is 2.29. The van der Waals surface area contributed by atoms with E-state index in [2.05, 4.69) is 15.4 Å². The Hall–Kier alpha value is -4.26. The second-order valence-corrected chi connectivity index (χ2v) is 8.31. The van der Waals surface area contributed by atoms with Gasteiger partial charge < -0.3 is 9.73 Å². The Labute approximate surface area is 188 Å². The number of aromatic nitrogens is 3. The van der Waals surface area contributed by atoms with E-state index in [0.29, 0.717) is 33.5 Å². The number of hydrogen-bond donors (Lipinski definition) is 1. The van der Waals surface area contributed by atoms with Crippen molar-refractivity contribution < 1.29 is 9.21 Å². The SMILES string of the molecule is O=C(Nc1ccc2oc(C3CC3)nc2c1)c1nn(Cc2ccccc2)c(=O)c2ccccc12. The Morgan fingerprint density at radius 1 is 1.00 bits per heavy atom. The third-order valence-electron chi connectivity index (χ3n) is 5.85. The average molecular weight is 436 g/mol. The lowest BCUT2D eigenvalue weighted by molar-refractivity contribution is 0.102. The van der Waals surface area contributed by atoms with Crippen molar-refractivity contribution in [3.8, 4) is 0 Å². The van der Waals surface area contributed by atoms with Crippen molar-refractivity contribution in [2.75, 3.05) is 5.32 Å². The number of fused-ring (bicyclic) bond motifs is 2. The van der Waals surface area contributed by atoms with Crippen molar-refractivity contribution in [3.05, 3.63) is 100 Å². The Kier molecular flexibility index (Phi) is 4.54. The lowest BCUT2D eigenvalue weighted by Crippen LogP contribution is -2.28. The Morgan fingerprint density at radius 2 is 1.76 bits per heavy atom. The molecule has 0 saturated heterocycles. The van der Waals surface area contributed by atoms with Crippen molar-refractivity contribution in [1.29, 1.82) is 0 Å². The molecule has 0 bridgehead atoms. The summed E-state index contributed by atoms with van der Waals surface area (Å²) in [5, 5.41) is 8.33. The fourth-order valence-electron chi connectivity index (χ4n) is 3.98. The summed E-state index contributed by atoms with van der Waals surface area (Å²) in [5.41, 5.74) is 2.89. The molecule has 7 nitrogen and oxygen atoms in total. The van der Waals surface area contributed by atoms with Gasteiger partial charge in [-0.2, -0.15) is 5.10 Å². The number of rotatable bonds is 5. The molecule has 33 heavy (non-hydrogen) atoms. The predicted molar refractivity (Wildman–Crippen MR) is 125 cm³/mol. The van der Waals surface area contributed by atoms with Crippen LogP contribution in [0.15, 0.2) is 82.0 Å². The van der Waals surface area contributed by atoms with Crippen molar-refractivity contribution in [2.45, 2.75) is 25.3 Å². The monoisotopic (exact) mass is 436 g/mol. The van der Waals surface area contributed by atoms with E-state index in [1.165, 1.54) is 4.68 Å². The molecular weight excluding hydrogens is 416 g/mol. The maximum absolute atomic E-state index is 13.3. The summed E-state index contributed by atoms with van der Waals surface area (Å²) in [6.45, 7) is 0.277. The van der Waals surface area contributed by atoms with Crippen LogP contribution in [0.3, 0.4) is 0 Å². The molecule has 0 atom stereocenters. The number of nitrogens with zero attached hydrogens (tertiary/aromatic N) is 3. The van der Waals surface area contributed by atoms with Crippen LogP contribution in [0, 0.1) is 0 Å². The third kappa shape index (κ3) is 3.67. The molecule has 1 N–H and O–H groups in total. The molecule has 1 saturated carbocycles. The molecular formula is C26H20N4O3. The zero-order valence-electron chi connectivity index (χ0n) is 17.7. The first kappa shape index (κ1) is 19.4. The molecule has 3 aromatic carbocycles. The molecule has 0 radical (unpaired) electrons. The number of benzene rings is 3. The number of anilines is 1. The third-order valence-corrected chi connectivity index (χ3v) is 5.85. The topological polar surface area (TPSA) is 90.0 Å². The van der Waals surface area contributed by atoms with Gasteiger partial charge >= 0.3 is 0 Å². The van der Waals surface area contributed by atoms with Crippen LogP contribution in [-0.4, -0.2) is 20.7 Å². The summed E-state index contributed by atoms with van der Waals surface area (Å²) in [6.07, 6.45) is 2.21. The van der Waals surface area contributed by atoms with Crippen LogP contribution >= 0.6 is 0 Å². The number of carbonyl (C=O) groups excluding carboxylic acids is 1. The summed E-state index contributed by atoms with van der Waals surface area (Å²) >= 11 is 0.